The van der Waals surface area contributed by atoms with Gasteiger partial charge in [-0.1, -0.05) is 36.4 Å². The quantitative estimate of drug-likeness (QED) is 0.908. The first-order valence-electron chi connectivity index (χ1n) is 8.52. The third-order valence-electron chi connectivity index (χ3n) is 5.22. The van der Waals surface area contributed by atoms with E-state index in [4.69, 9.17) is 5.73 Å². The number of carbonyl (C=O) groups is 1. The van der Waals surface area contributed by atoms with Crippen molar-refractivity contribution < 1.29 is 9.18 Å². The lowest BCUT2D eigenvalue weighted by Crippen LogP contribution is -2.43. The van der Waals surface area contributed by atoms with E-state index in [1.807, 2.05) is 18.2 Å². The Morgan fingerprint density at radius 3 is 2.50 bits per heavy atom. The van der Waals surface area contributed by atoms with Crippen LogP contribution in [0.2, 0.25) is 0 Å². The molecule has 2 aliphatic carbocycles. The van der Waals surface area contributed by atoms with Crippen LogP contribution in [-0.4, -0.2) is 11.9 Å². The van der Waals surface area contributed by atoms with E-state index in [2.05, 4.69) is 11.4 Å². The second kappa shape index (κ2) is 6.02. The highest BCUT2D eigenvalue weighted by molar-refractivity contribution is 5.85. The van der Waals surface area contributed by atoms with Gasteiger partial charge in [-0.25, -0.2) is 4.39 Å². The van der Waals surface area contributed by atoms with Gasteiger partial charge in [-0.2, -0.15) is 0 Å². The molecule has 0 aromatic heterocycles. The topological polar surface area (TPSA) is 55.1 Å². The minimum atomic E-state index is -0.276. The maximum Gasteiger partial charge on any atom is 0.228 e. The zero-order valence-electron chi connectivity index (χ0n) is 13.4. The molecule has 2 unspecified atom stereocenters. The second-order valence-electron chi connectivity index (χ2n) is 6.91. The average Bonchev–Trinajstić information content (AvgIpc) is 3.36. The number of halogens is 1. The van der Waals surface area contributed by atoms with Crippen LogP contribution in [0.1, 0.15) is 41.5 Å². The Morgan fingerprint density at radius 1 is 1.12 bits per heavy atom. The fraction of sp³-hybridized carbons (Fsp3) is 0.350. The summed E-state index contributed by atoms with van der Waals surface area (Å²) in [6, 6.07) is 14.1. The van der Waals surface area contributed by atoms with Crippen molar-refractivity contribution in [1.82, 2.24) is 5.32 Å². The molecule has 3 N–H and O–H groups in total. The maximum atomic E-state index is 13.2. The number of carbonyl (C=O) groups excluding carboxylic acids is 1. The van der Waals surface area contributed by atoms with E-state index >= 15 is 0 Å². The molecule has 2 aromatic carbocycles. The van der Waals surface area contributed by atoms with Gasteiger partial charge in [0, 0.05) is 0 Å². The van der Waals surface area contributed by atoms with E-state index in [0.29, 0.717) is 5.92 Å². The van der Waals surface area contributed by atoms with E-state index in [-0.39, 0.29) is 29.7 Å². The van der Waals surface area contributed by atoms with E-state index in [1.54, 1.807) is 12.1 Å². The van der Waals surface area contributed by atoms with Gasteiger partial charge in [0.15, 0.2) is 0 Å². The lowest BCUT2D eigenvalue weighted by molar-refractivity contribution is -0.123. The first kappa shape index (κ1) is 15.3. The molecular formula is C20H21FN2O. The minimum absolute atomic E-state index is 0.0114. The predicted molar refractivity (Wildman–Crippen MR) is 90.9 cm³/mol. The van der Waals surface area contributed by atoms with E-state index in [0.717, 1.165) is 30.4 Å². The smallest absolute Gasteiger partial charge is 0.228 e. The van der Waals surface area contributed by atoms with Crippen molar-refractivity contribution >= 4 is 5.91 Å². The molecule has 4 rings (SSSR count). The highest BCUT2D eigenvalue weighted by Crippen LogP contribution is 2.43. The van der Waals surface area contributed by atoms with E-state index < -0.39 is 0 Å². The molecule has 0 heterocycles. The van der Waals surface area contributed by atoms with Crippen LogP contribution in [0.5, 0.6) is 0 Å². The van der Waals surface area contributed by atoms with Crippen molar-refractivity contribution in [2.24, 2.45) is 11.7 Å². The Balaban J connectivity index is 1.52. The van der Waals surface area contributed by atoms with E-state index in [1.165, 1.54) is 17.7 Å². The summed E-state index contributed by atoms with van der Waals surface area (Å²) in [5.41, 5.74) is 9.54. The summed E-state index contributed by atoms with van der Waals surface area (Å²) in [6.45, 7) is 0. The highest BCUT2D eigenvalue weighted by atomic mass is 19.1. The molecule has 4 heteroatoms. The Kier molecular flexibility index (Phi) is 3.85. The Hall–Kier alpha value is -2.20. The Bertz CT molecular complexity index is 754. The number of hydrogen-bond donors (Lipinski definition) is 2. The molecular weight excluding hydrogens is 303 g/mol. The minimum Gasteiger partial charge on any atom is -0.351 e. The maximum absolute atomic E-state index is 13.2. The summed E-state index contributed by atoms with van der Waals surface area (Å²) in [5.74, 6) is -0.115. The van der Waals surface area contributed by atoms with Gasteiger partial charge in [-0.15, -0.1) is 0 Å². The molecule has 2 aromatic rings. The lowest BCUT2D eigenvalue weighted by Gasteiger charge is -2.23. The zero-order valence-corrected chi connectivity index (χ0v) is 13.4. The van der Waals surface area contributed by atoms with Crippen LogP contribution in [0.4, 0.5) is 4.39 Å². The van der Waals surface area contributed by atoms with Gasteiger partial charge in [0.25, 0.3) is 0 Å². The molecule has 124 valence electrons. The van der Waals surface area contributed by atoms with Crippen LogP contribution < -0.4 is 11.1 Å². The van der Waals surface area contributed by atoms with Crippen molar-refractivity contribution in [2.45, 2.75) is 37.3 Å². The van der Waals surface area contributed by atoms with Crippen LogP contribution in [0, 0.1) is 11.7 Å². The summed E-state index contributed by atoms with van der Waals surface area (Å²) in [7, 11) is 0. The second-order valence-corrected chi connectivity index (χ2v) is 6.91. The molecule has 0 spiro atoms. The van der Waals surface area contributed by atoms with Crippen LogP contribution in [0.15, 0.2) is 48.5 Å². The van der Waals surface area contributed by atoms with Crippen molar-refractivity contribution in [1.29, 1.82) is 0 Å². The molecule has 0 bridgehead atoms. The van der Waals surface area contributed by atoms with Crippen LogP contribution in [-0.2, 0) is 11.2 Å². The third kappa shape index (κ3) is 2.82. The van der Waals surface area contributed by atoms with Crippen LogP contribution >= 0.6 is 0 Å². The molecule has 3 atom stereocenters. The van der Waals surface area contributed by atoms with Crippen molar-refractivity contribution in [3.63, 3.8) is 0 Å². The van der Waals surface area contributed by atoms with Gasteiger partial charge < -0.3 is 11.1 Å². The first-order chi connectivity index (χ1) is 11.6. The summed E-state index contributed by atoms with van der Waals surface area (Å²) in [4.78, 5) is 12.9. The third-order valence-corrected chi connectivity index (χ3v) is 5.22. The normalized spacial score (nSPS) is 23.6. The van der Waals surface area contributed by atoms with Crippen molar-refractivity contribution in [3.8, 4) is 0 Å². The van der Waals surface area contributed by atoms with Crippen molar-refractivity contribution in [2.75, 3.05) is 0 Å². The first-order valence-corrected chi connectivity index (χ1v) is 8.52. The number of hydrogen-bond acceptors (Lipinski definition) is 2. The molecule has 24 heavy (non-hydrogen) atoms. The molecule has 0 aliphatic heterocycles. The zero-order chi connectivity index (χ0) is 16.7. The summed E-state index contributed by atoms with van der Waals surface area (Å²) >= 11 is 0. The van der Waals surface area contributed by atoms with Gasteiger partial charge in [-0.05, 0) is 54.0 Å². The molecule has 2 aliphatic rings. The summed E-state index contributed by atoms with van der Waals surface area (Å²) < 4.78 is 13.2. The standard InChI is InChI=1S/C20H21FN2O/c21-15-9-7-13(8-10-15)18(12-5-6-12)20(24)23-17-11-14-3-1-2-4-16(14)19(17)22/h1-4,7-10,12,17-19H,5-6,11,22H2,(H,23,24)/t17-,18?,19?/m0/s1. The monoisotopic (exact) mass is 324 g/mol. The van der Waals surface area contributed by atoms with Crippen LogP contribution in [0.25, 0.3) is 0 Å². The Morgan fingerprint density at radius 2 is 1.83 bits per heavy atom. The molecule has 0 saturated heterocycles. The SMILES string of the molecule is NC1c2ccccc2C[C@@H]1NC(=O)C(c1ccc(F)cc1)C1CC1. The van der Waals surface area contributed by atoms with Crippen molar-refractivity contribution in [3.05, 3.63) is 71.0 Å². The Labute approximate surface area is 141 Å². The fourth-order valence-corrected chi connectivity index (χ4v) is 3.78. The molecule has 1 saturated carbocycles. The number of amides is 1. The summed E-state index contributed by atoms with van der Waals surface area (Å²) in [5, 5.41) is 3.15. The lowest BCUT2D eigenvalue weighted by atomic mass is 9.92. The number of fused-ring (bicyclic) bond motifs is 1. The molecule has 1 fully saturated rings. The number of rotatable bonds is 4. The number of benzene rings is 2. The largest absolute Gasteiger partial charge is 0.351 e. The predicted octanol–water partition coefficient (Wildman–Crippen LogP) is 3.06. The highest BCUT2D eigenvalue weighted by Gasteiger charge is 2.39. The average molecular weight is 324 g/mol. The van der Waals surface area contributed by atoms with Gasteiger partial charge in [0.05, 0.1) is 18.0 Å². The van der Waals surface area contributed by atoms with Gasteiger partial charge in [-0.3, -0.25) is 4.79 Å². The van der Waals surface area contributed by atoms with Gasteiger partial charge in [0.2, 0.25) is 5.91 Å². The van der Waals surface area contributed by atoms with Gasteiger partial charge >= 0.3 is 0 Å². The summed E-state index contributed by atoms with van der Waals surface area (Å²) in [6.07, 6.45) is 2.86. The van der Waals surface area contributed by atoms with Gasteiger partial charge in [0.1, 0.15) is 5.82 Å². The number of nitrogens with one attached hydrogen (secondary N) is 1. The number of nitrogens with two attached hydrogens (primary N) is 1. The fourth-order valence-electron chi connectivity index (χ4n) is 3.78. The van der Waals surface area contributed by atoms with Crippen LogP contribution in [0.3, 0.4) is 0 Å². The molecule has 3 nitrogen and oxygen atoms in total. The molecule has 1 amide bonds. The van der Waals surface area contributed by atoms with E-state index in [9.17, 15) is 9.18 Å². The molecule has 0 radical (unpaired) electrons.